The molecule has 0 fully saturated rings. The van der Waals surface area contributed by atoms with Crippen molar-refractivity contribution in [1.82, 2.24) is 4.90 Å². The lowest BCUT2D eigenvalue weighted by Crippen LogP contribution is -2.38. The molecule has 4 N–H and O–H groups in total. The molecule has 0 aliphatic heterocycles. The summed E-state index contributed by atoms with van der Waals surface area (Å²) in [6.45, 7) is 5.54. The van der Waals surface area contributed by atoms with Crippen LogP contribution < -0.4 is 11.5 Å². The van der Waals surface area contributed by atoms with E-state index in [1.54, 1.807) is 0 Å². The van der Waals surface area contributed by atoms with E-state index in [-0.39, 0.29) is 5.97 Å². The molecule has 0 unspecified atom stereocenters. The van der Waals surface area contributed by atoms with Gasteiger partial charge in [0, 0.05) is 26.2 Å². The molecule has 0 saturated carbocycles. The van der Waals surface area contributed by atoms with Gasteiger partial charge in [0.1, 0.15) is 0 Å². The number of hydrogen-bond donors (Lipinski definition) is 2. The fourth-order valence-electron chi connectivity index (χ4n) is 2.99. The molecule has 5 heteroatoms. The average molecular weight is 358 g/mol. The summed E-state index contributed by atoms with van der Waals surface area (Å²) >= 11 is 0. The smallest absolute Gasteiger partial charge is 0.320 e. The normalized spacial score (nSPS) is 11.2. The third-order valence-electron chi connectivity index (χ3n) is 4.50. The van der Waals surface area contributed by atoms with Gasteiger partial charge in [-0.05, 0) is 6.42 Å². The predicted octanol–water partition coefficient (Wildman–Crippen LogP) is 3.45. The molecule has 0 amide bonds. The van der Waals surface area contributed by atoms with Crippen molar-refractivity contribution in [1.29, 1.82) is 0 Å². The Morgan fingerprint density at radius 3 is 1.64 bits per heavy atom. The summed E-state index contributed by atoms with van der Waals surface area (Å²) in [5.74, 6) is -0.162. The van der Waals surface area contributed by atoms with Gasteiger partial charge in [0.2, 0.25) is 0 Å². The standard InChI is InChI=1S/C20H43N3O2/c1-2-3-4-5-6-7-8-9-10-11-12-13-18-25-20(24)19-23(16-14-21)17-15-22/h2-19,21-22H2,1H3. The number of nitrogens with zero attached hydrogens (tertiary/aromatic N) is 1. The highest BCUT2D eigenvalue weighted by Crippen LogP contribution is 2.11. The molecule has 0 rings (SSSR count). The number of carbonyl (C=O) groups excluding carboxylic acids is 1. The lowest BCUT2D eigenvalue weighted by Gasteiger charge is -2.19. The van der Waals surface area contributed by atoms with Crippen LogP contribution in [0.3, 0.4) is 0 Å². The maximum absolute atomic E-state index is 11.8. The molecule has 0 aliphatic carbocycles. The van der Waals surface area contributed by atoms with E-state index < -0.39 is 0 Å². The van der Waals surface area contributed by atoms with Crippen LogP contribution in [-0.2, 0) is 9.53 Å². The zero-order valence-electron chi connectivity index (χ0n) is 16.6. The minimum atomic E-state index is -0.162. The van der Waals surface area contributed by atoms with Crippen molar-refractivity contribution in [2.24, 2.45) is 11.5 Å². The molecule has 150 valence electrons. The molecule has 5 nitrogen and oxygen atoms in total. The minimum Gasteiger partial charge on any atom is -0.465 e. The van der Waals surface area contributed by atoms with E-state index in [4.69, 9.17) is 16.2 Å². The summed E-state index contributed by atoms with van der Waals surface area (Å²) in [5, 5.41) is 0. The Labute approximate surface area is 155 Å². The fraction of sp³-hybridized carbons (Fsp3) is 0.950. The van der Waals surface area contributed by atoms with Gasteiger partial charge >= 0.3 is 5.97 Å². The molecular weight excluding hydrogens is 314 g/mol. The summed E-state index contributed by atoms with van der Waals surface area (Å²) in [4.78, 5) is 13.7. The molecule has 0 radical (unpaired) electrons. The first kappa shape index (κ1) is 24.4. The van der Waals surface area contributed by atoms with Crippen LogP contribution in [0.15, 0.2) is 0 Å². The van der Waals surface area contributed by atoms with Crippen molar-refractivity contribution < 1.29 is 9.53 Å². The molecule has 0 aromatic carbocycles. The van der Waals surface area contributed by atoms with Crippen LogP contribution in [0.25, 0.3) is 0 Å². The Balaban J connectivity index is 3.33. The van der Waals surface area contributed by atoms with Gasteiger partial charge in [-0.2, -0.15) is 0 Å². The van der Waals surface area contributed by atoms with Gasteiger partial charge in [0.25, 0.3) is 0 Å². The molecule has 25 heavy (non-hydrogen) atoms. The predicted molar refractivity (Wildman–Crippen MR) is 107 cm³/mol. The van der Waals surface area contributed by atoms with Gasteiger partial charge in [-0.15, -0.1) is 0 Å². The van der Waals surface area contributed by atoms with Gasteiger partial charge in [0.15, 0.2) is 0 Å². The maximum Gasteiger partial charge on any atom is 0.320 e. The van der Waals surface area contributed by atoms with E-state index in [1.165, 1.54) is 64.2 Å². The summed E-state index contributed by atoms with van der Waals surface area (Å²) in [7, 11) is 0. The number of carbonyl (C=O) groups is 1. The Hall–Kier alpha value is -0.650. The van der Waals surface area contributed by atoms with Crippen LogP contribution in [0.1, 0.15) is 84.0 Å². The number of rotatable bonds is 19. The zero-order valence-corrected chi connectivity index (χ0v) is 16.6. The van der Waals surface area contributed by atoms with E-state index in [2.05, 4.69) is 6.92 Å². The van der Waals surface area contributed by atoms with Crippen molar-refractivity contribution >= 4 is 5.97 Å². The van der Waals surface area contributed by atoms with E-state index in [9.17, 15) is 4.79 Å². The van der Waals surface area contributed by atoms with E-state index >= 15 is 0 Å². The van der Waals surface area contributed by atoms with Crippen LogP contribution in [0.2, 0.25) is 0 Å². The highest BCUT2D eigenvalue weighted by Gasteiger charge is 2.10. The number of hydrogen-bond acceptors (Lipinski definition) is 5. The highest BCUT2D eigenvalue weighted by atomic mass is 16.5. The molecule has 0 aliphatic rings. The monoisotopic (exact) mass is 357 g/mol. The van der Waals surface area contributed by atoms with Crippen molar-refractivity contribution in [3.05, 3.63) is 0 Å². The Kier molecular flexibility index (Phi) is 19.2. The number of ether oxygens (including phenoxy) is 1. The molecule has 0 bridgehead atoms. The second-order valence-corrected chi connectivity index (χ2v) is 6.96. The SMILES string of the molecule is CCCCCCCCCCCCCCOC(=O)CN(CCN)CCN. The molecule has 0 spiro atoms. The molecular formula is C20H43N3O2. The van der Waals surface area contributed by atoms with Crippen LogP contribution in [-0.4, -0.2) is 50.2 Å². The van der Waals surface area contributed by atoms with Crippen LogP contribution in [0.5, 0.6) is 0 Å². The minimum absolute atomic E-state index is 0.162. The second kappa shape index (κ2) is 19.7. The van der Waals surface area contributed by atoms with Gasteiger partial charge in [-0.25, -0.2) is 0 Å². The quantitative estimate of drug-likeness (QED) is 0.273. The van der Waals surface area contributed by atoms with E-state index in [0.29, 0.717) is 39.3 Å². The lowest BCUT2D eigenvalue weighted by atomic mass is 10.1. The Bertz CT molecular complexity index is 282. The zero-order chi connectivity index (χ0) is 18.6. The largest absolute Gasteiger partial charge is 0.465 e. The molecule has 0 atom stereocenters. The molecule has 0 heterocycles. The highest BCUT2D eigenvalue weighted by molar-refractivity contribution is 5.71. The van der Waals surface area contributed by atoms with Crippen molar-refractivity contribution in [2.75, 3.05) is 39.3 Å². The van der Waals surface area contributed by atoms with Crippen LogP contribution >= 0.6 is 0 Å². The van der Waals surface area contributed by atoms with E-state index in [0.717, 1.165) is 12.8 Å². The summed E-state index contributed by atoms with van der Waals surface area (Å²) in [6, 6.07) is 0. The first-order valence-electron chi connectivity index (χ1n) is 10.5. The van der Waals surface area contributed by atoms with Gasteiger partial charge in [-0.1, -0.05) is 77.6 Å². The third kappa shape index (κ3) is 18.0. The fourth-order valence-corrected chi connectivity index (χ4v) is 2.99. The van der Waals surface area contributed by atoms with Gasteiger partial charge in [0.05, 0.1) is 13.2 Å². The van der Waals surface area contributed by atoms with Crippen molar-refractivity contribution in [3.63, 3.8) is 0 Å². The first-order valence-corrected chi connectivity index (χ1v) is 10.5. The van der Waals surface area contributed by atoms with Crippen molar-refractivity contribution in [3.8, 4) is 0 Å². The lowest BCUT2D eigenvalue weighted by molar-refractivity contribution is -0.145. The number of unbranched alkanes of at least 4 members (excludes halogenated alkanes) is 11. The number of esters is 1. The molecule has 0 saturated heterocycles. The van der Waals surface area contributed by atoms with Crippen LogP contribution in [0, 0.1) is 0 Å². The maximum atomic E-state index is 11.8. The van der Waals surface area contributed by atoms with Gasteiger partial charge in [-0.3, -0.25) is 9.69 Å². The van der Waals surface area contributed by atoms with Gasteiger partial charge < -0.3 is 16.2 Å². The summed E-state index contributed by atoms with van der Waals surface area (Å²) < 4.78 is 5.29. The Morgan fingerprint density at radius 2 is 1.20 bits per heavy atom. The van der Waals surface area contributed by atoms with E-state index in [1.807, 2.05) is 4.90 Å². The second-order valence-electron chi connectivity index (χ2n) is 6.96. The number of nitrogens with two attached hydrogens (primary N) is 2. The summed E-state index contributed by atoms with van der Waals surface area (Å²) in [6.07, 6.45) is 15.7. The van der Waals surface area contributed by atoms with Crippen molar-refractivity contribution in [2.45, 2.75) is 84.0 Å². The molecule has 0 aromatic rings. The molecule has 0 aromatic heterocycles. The summed E-state index contributed by atoms with van der Waals surface area (Å²) in [5.41, 5.74) is 11.1. The first-order chi connectivity index (χ1) is 12.2. The average Bonchev–Trinajstić information content (AvgIpc) is 2.59. The Morgan fingerprint density at radius 1 is 0.760 bits per heavy atom. The van der Waals surface area contributed by atoms with Crippen LogP contribution in [0.4, 0.5) is 0 Å². The topological polar surface area (TPSA) is 81.6 Å². The third-order valence-corrected chi connectivity index (χ3v) is 4.50.